The van der Waals surface area contributed by atoms with Crippen molar-refractivity contribution in [3.8, 4) is 5.75 Å². The Morgan fingerprint density at radius 3 is 2.35 bits per heavy atom. The van der Waals surface area contributed by atoms with Crippen molar-refractivity contribution in [1.29, 1.82) is 0 Å². The average molecular weight is 360 g/mol. The lowest BCUT2D eigenvalue weighted by atomic mass is 10.2. The molecule has 3 rings (SSSR count). The second kappa shape index (κ2) is 9.93. The van der Waals surface area contributed by atoms with Gasteiger partial charge in [-0.15, -0.1) is 0 Å². The molecule has 2 heterocycles. The van der Waals surface area contributed by atoms with E-state index in [4.69, 9.17) is 4.74 Å². The van der Waals surface area contributed by atoms with Crippen molar-refractivity contribution < 1.29 is 9.53 Å². The first-order chi connectivity index (χ1) is 12.7. The molecule has 5 heteroatoms. The molecular weight excluding hydrogens is 326 g/mol. The third kappa shape index (κ3) is 5.99. The molecule has 0 saturated carbocycles. The first kappa shape index (κ1) is 19.2. The molecule has 2 aliphatic rings. The lowest BCUT2D eigenvalue weighted by molar-refractivity contribution is -0.132. The molecule has 0 N–H and O–H groups in total. The van der Waals surface area contributed by atoms with Gasteiger partial charge in [-0.3, -0.25) is 14.6 Å². The molecule has 0 atom stereocenters. The number of carbonyl (C=O) groups excluding carboxylic acids is 1. The van der Waals surface area contributed by atoms with E-state index in [1.807, 2.05) is 12.1 Å². The highest BCUT2D eigenvalue weighted by molar-refractivity contribution is 5.78. The van der Waals surface area contributed by atoms with Crippen LogP contribution in [-0.2, 0) is 4.79 Å². The molecule has 1 aromatic rings. The molecule has 2 fully saturated rings. The number of piperazine rings is 1. The van der Waals surface area contributed by atoms with Gasteiger partial charge in [-0.2, -0.15) is 0 Å². The highest BCUT2D eigenvalue weighted by Crippen LogP contribution is 2.13. The quantitative estimate of drug-likeness (QED) is 0.781. The number of hydrogen-bond acceptors (Lipinski definition) is 4. The fraction of sp³-hybridized carbons (Fsp3) is 0.667. The number of nitrogens with zero attached hydrogens (tertiary/aromatic N) is 3. The van der Waals surface area contributed by atoms with Crippen LogP contribution >= 0.6 is 0 Å². The number of likely N-dealkylation sites (tertiary alicyclic amines) is 1. The molecule has 144 valence electrons. The summed E-state index contributed by atoms with van der Waals surface area (Å²) in [5, 5.41) is 0. The van der Waals surface area contributed by atoms with Crippen LogP contribution in [-0.4, -0.2) is 79.6 Å². The van der Waals surface area contributed by atoms with Gasteiger partial charge in [0.1, 0.15) is 12.4 Å². The Morgan fingerprint density at radius 1 is 0.962 bits per heavy atom. The smallest absolute Gasteiger partial charge is 0.236 e. The van der Waals surface area contributed by atoms with E-state index in [2.05, 4.69) is 33.8 Å². The van der Waals surface area contributed by atoms with Crippen molar-refractivity contribution in [2.45, 2.75) is 32.6 Å². The third-order valence-corrected chi connectivity index (χ3v) is 5.45. The maximum absolute atomic E-state index is 12.5. The van der Waals surface area contributed by atoms with Crippen molar-refractivity contribution in [2.24, 2.45) is 0 Å². The molecule has 0 unspecified atom stereocenters. The number of rotatable bonds is 6. The van der Waals surface area contributed by atoms with Gasteiger partial charge in [0.25, 0.3) is 0 Å². The fourth-order valence-electron chi connectivity index (χ4n) is 3.78. The summed E-state index contributed by atoms with van der Waals surface area (Å²) in [7, 11) is 0. The predicted octanol–water partition coefficient (Wildman–Crippen LogP) is 2.39. The third-order valence-electron chi connectivity index (χ3n) is 5.45. The van der Waals surface area contributed by atoms with Crippen LogP contribution in [0.5, 0.6) is 5.75 Å². The van der Waals surface area contributed by atoms with Crippen molar-refractivity contribution in [3.05, 3.63) is 29.8 Å². The van der Waals surface area contributed by atoms with Gasteiger partial charge in [0.15, 0.2) is 0 Å². The molecule has 0 aliphatic carbocycles. The van der Waals surface area contributed by atoms with Crippen LogP contribution < -0.4 is 4.74 Å². The Balaban J connectivity index is 1.33. The number of carbonyl (C=O) groups is 1. The largest absolute Gasteiger partial charge is 0.492 e. The lowest BCUT2D eigenvalue weighted by Crippen LogP contribution is -2.50. The zero-order valence-electron chi connectivity index (χ0n) is 16.2. The molecule has 0 aromatic heterocycles. The number of aryl methyl sites for hydroxylation is 1. The summed E-state index contributed by atoms with van der Waals surface area (Å²) in [6.07, 6.45) is 4.88. The normalized spacial score (nSPS) is 20.0. The monoisotopic (exact) mass is 359 g/mol. The van der Waals surface area contributed by atoms with E-state index in [1.54, 1.807) is 0 Å². The van der Waals surface area contributed by atoms with E-state index in [-0.39, 0.29) is 0 Å². The van der Waals surface area contributed by atoms with Crippen LogP contribution in [0.2, 0.25) is 0 Å². The molecule has 2 aliphatic heterocycles. The first-order valence-electron chi connectivity index (χ1n) is 10.1. The first-order valence-corrected chi connectivity index (χ1v) is 10.1. The minimum absolute atomic E-state index is 0.322. The van der Waals surface area contributed by atoms with Gasteiger partial charge in [-0.1, -0.05) is 25.0 Å². The molecule has 0 radical (unpaired) electrons. The SMILES string of the molecule is Cc1cccc(OCCN2CCN(CC(=O)N3CCCCCC3)CC2)c1. The topological polar surface area (TPSA) is 36.0 Å². The van der Waals surface area contributed by atoms with E-state index in [1.165, 1.54) is 31.2 Å². The highest BCUT2D eigenvalue weighted by atomic mass is 16.5. The van der Waals surface area contributed by atoms with E-state index in [9.17, 15) is 4.79 Å². The molecule has 0 spiro atoms. The van der Waals surface area contributed by atoms with Gasteiger partial charge in [0, 0.05) is 45.8 Å². The summed E-state index contributed by atoms with van der Waals surface area (Å²) in [6, 6.07) is 8.20. The standard InChI is InChI=1S/C21H33N3O2/c1-19-7-6-8-20(17-19)26-16-15-22-11-13-23(14-12-22)18-21(25)24-9-4-2-3-5-10-24/h6-8,17H,2-5,9-16,18H2,1H3. The molecular formula is C21H33N3O2. The summed E-state index contributed by atoms with van der Waals surface area (Å²) >= 11 is 0. The predicted molar refractivity (Wildman–Crippen MR) is 105 cm³/mol. The van der Waals surface area contributed by atoms with E-state index in [0.29, 0.717) is 12.5 Å². The minimum atomic E-state index is 0.322. The van der Waals surface area contributed by atoms with Crippen molar-refractivity contribution in [3.63, 3.8) is 0 Å². The number of benzene rings is 1. The van der Waals surface area contributed by atoms with Gasteiger partial charge >= 0.3 is 0 Å². The molecule has 26 heavy (non-hydrogen) atoms. The molecule has 5 nitrogen and oxygen atoms in total. The van der Waals surface area contributed by atoms with Gasteiger partial charge in [-0.25, -0.2) is 0 Å². The zero-order valence-corrected chi connectivity index (χ0v) is 16.2. The van der Waals surface area contributed by atoms with E-state index in [0.717, 1.165) is 58.2 Å². The zero-order chi connectivity index (χ0) is 18.2. The maximum Gasteiger partial charge on any atom is 0.236 e. The Labute approximate surface area is 157 Å². The fourth-order valence-corrected chi connectivity index (χ4v) is 3.78. The summed E-state index contributed by atoms with van der Waals surface area (Å²) in [5.74, 6) is 1.27. The van der Waals surface area contributed by atoms with Crippen molar-refractivity contribution >= 4 is 5.91 Å². The molecule has 0 bridgehead atoms. The highest BCUT2D eigenvalue weighted by Gasteiger charge is 2.22. The maximum atomic E-state index is 12.5. The van der Waals surface area contributed by atoms with Crippen molar-refractivity contribution in [1.82, 2.24) is 14.7 Å². The summed E-state index contributed by atoms with van der Waals surface area (Å²) < 4.78 is 5.86. The molecule has 1 amide bonds. The summed E-state index contributed by atoms with van der Waals surface area (Å²) in [5.41, 5.74) is 1.23. The van der Waals surface area contributed by atoms with Gasteiger partial charge in [-0.05, 0) is 37.5 Å². The van der Waals surface area contributed by atoms with E-state index >= 15 is 0 Å². The van der Waals surface area contributed by atoms with Crippen LogP contribution in [0.15, 0.2) is 24.3 Å². The second-order valence-corrected chi connectivity index (χ2v) is 7.58. The van der Waals surface area contributed by atoms with Crippen molar-refractivity contribution in [2.75, 3.05) is 59.0 Å². The van der Waals surface area contributed by atoms with E-state index < -0.39 is 0 Å². The van der Waals surface area contributed by atoms with Gasteiger partial charge in [0.2, 0.25) is 5.91 Å². The second-order valence-electron chi connectivity index (χ2n) is 7.58. The van der Waals surface area contributed by atoms with Gasteiger partial charge in [0.05, 0.1) is 6.54 Å². The number of ether oxygens (including phenoxy) is 1. The van der Waals surface area contributed by atoms with Crippen LogP contribution in [0.1, 0.15) is 31.2 Å². The Bertz CT molecular complexity index is 562. The Morgan fingerprint density at radius 2 is 1.65 bits per heavy atom. The summed E-state index contributed by atoms with van der Waals surface area (Å²) in [6.45, 7) is 10.2. The lowest BCUT2D eigenvalue weighted by Gasteiger charge is -2.35. The van der Waals surface area contributed by atoms with Crippen LogP contribution in [0.3, 0.4) is 0 Å². The Hall–Kier alpha value is -1.59. The van der Waals surface area contributed by atoms with Crippen LogP contribution in [0.25, 0.3) is 0 Å². The average Bonchev–Trinajstić information content (AvgIpc) is 2.93. The van der Waals surface area contributed by atoms with Gasteiger partial charge < -0.3 is 9.64 Å². The summed E-state index contributed by atoms with van der Waals surface area (Å²) in [4.78, 5) is 19.3. The Kier molecular flexibility index (Phi) is 7.32. The molecule has 1 aromatic carbocycles. The molecule has 2 saturated heterocycles. The number of amides is 1. The van der Waals surface area contributed by atoms with Crippen LogP contribution in [0.4, 0.5) is 0 Å². The minimum Gasteiger partial charge on any atom is -0.492 e. The van der Waals surface area contributed by atoms with Crippen LogP contribution in [0, 0.1) is 6.92 Å². The number of hydrogen-bond donors (Lipinski definition) is 0.